The van der Waals surface area contributed by atoms with Crippen LogP contribution in [0, 0.1) is 6.92 Å². The van der Waals surface area contributed by atoms with E-state index in [-0.39, 0.29) is 5.91 Å². The minimum absolute atomic E-state index is 0.0440. The van der Waals surface area contributed by atoms with Gasteiger partial charge in [-0.15, -0.1) is 11.3 Å². The smallest absolute Gasteiger partial charge is 0.221 e. The molecule has 0 spiro atoms. The van der Waals surface area contributed by atoms with Crippen LogP contribution in [0.4, 0.5) is 5.69 Å². The first-order chi connectivity index (χ1) is 10.1. The van der Waals surface area contributed by atoms with Crippen LogP contribution in [-0.2, 0) is 11.3 Å². The lowest BCUT2D eigenvalue weighted by molar-refractivity contribution is -0.114. The van der Waals surface area contributed by atoms with Crippen molar-refractivity contribution in [2.75, 3.05) is 18.5 Å². The SMILES string of the molecule is CC(=O)Nc1ccsc1CNCCOc1cccc(C)c1. The van der Waals surface area contributed by atoms with Crippen LogP contribution in [0.15, 0.2) is 35.7 Å². The Kier molecular flexibility index (Phi) is 5.78. The zero-order valence-corrected chi connectivity index (χ0v) is 13.1. The van der Waals surface area contributed by atoms with Crippen LogP contribution in [-0.4, -0.2) is 19.1 Å². The largest absolute Gasteiger partial charge is 0.492 e. The van der Waals surface area contributed by atoms with Crippen molar-refractivity contribution in [2.24, 2.45) is 0 Å². The molecule has 0 radical (unpaired) electrons. The average Bonchev–Trinajstić information content (AvgIpc) is 2.85. The monoisotopic (exact) mass is 304 g/mol. The van der Waals surface area contributed by atoms with Crippen LogP contribution >= 0.6 is 11.3 Å². The summed E-state index contributed by atoms with van der Waals surface area (Å²) in [5.41, 5.74) is 2.08. The van der Waals surface area contributed by atoms with Crippen molar-refractivity contribution in [3.05, 3.63) is 46.2 Å². The molecule has 5 heteroatoms. The Morgan fingerprint density at radius 2 is 2.19 bits per heavy atom. The van der Waals surface area contributed by atoms with Crippen molar-refractivity contribution in [1.82, 2.24) is 5.32 Å². The molecule has 0 aliphatic heterocycles. The summed E-state index contributed by atoms with van der Waals surface area (Å²) >= 11 is 1.63. The van der Waals surface area contributed by atoms with Crippen molar-refractivity contribution in [1.29, 1.82) is 0 Å². The zero-order chi connectivity index (χ0) is 15.1. The highest BCUT2D eigenvalue weighted by Gasteiger charge is 2.05. The second kappa shape index (κ2) is 7.81. The quantitative estimate of drug-likeness (QED) is 0.772. The maximum atomic E-state index is 11.1. The fourth-order valence-electron chi connectivity index (χ4n) is 1.93. The van der Waals surface area contributed by atoms with E-state index in [0.717, 1.165) is 29.4 Å². The van der Waals surface area contributed by atoms with Crippen LogP contribution in [0.1, 0.15) is 17.4 Å². The molecular formula is C16H20N2O2S. The van der Waals surface area contributed by atoms with Gasteiger partial charge in [-0.25, -0.2) is 0 Å². The normalized spacial score (nSPS) is 10.4. The van der Waals surface area contributed by atoms with Gasteiger partial charge in [0, 0.05) is 24.9 Å². The Bertz CT molecular complexity index is 595. The number of carbonyl (C=O) groups is 1. The second-order valence-electron chi connectivity index (χ2n) is 4.78. The van der Waals surface area contributed by atoms with E-state index in [4.69, 9.17) is 4.74 Å². The maximum Gasteiger partial charge on any atom is 0.221 e. The second-order valence-corrected chi connectivity index (χ2v) is 5.78. The molecule has 1 aromatic carbocycles. The van der Waals surface area contributed by atoms with Crippen molar-refractivity contribution >= 4 is 22.9 Å². The predicted octanol–water partition coefficient (Wildman–Crippen LogP) is 3.18. The molecule has 0 unspecified atom stereocenters. The molecule has 1 aromatic heterocycles. The van der Waals surface area contributed by atoms with Crippen molar-refractivity contribution < 1.29 is 9.53 Å². The molecule has 0 fully saturated rings. The number of aryl methyl sites for hydroxylation is 1. The molecule has 2 N–H and O–H groups in total. The van der Waals surface area contributed by atoms with Crippen LogP contribution in [0.3, 0.4) is 0 Å². The van der Waals surface area contributed by atoms with Gasteiger partial charge in [-0.2, -0.15) is 0 Å². The molecule has 112 valence electrons. The fourth-order valence-corrected chi connectivity index (χ4v) is 2.73. The first-order valence-corrected chi connectivity index (χ1v) is 7.77. The number of carbonyl (C=O) groups excluding carboxylic acids is 1. The lowest BCUT2D eigenvalue weighted by Gasteiger charge is -2.08. The van der Waals surface area contributed by atoms with Gasteiger partial charge >= 0.3 is 0 Å². The lowest BCUT2D eigenvalue weighted by atomic mass is 10.2. The summed E-state index contributed by atoms with van der Waals surface area (Å²) in [6.45, 7) is 5.66. The van der Waals surface area contributed by atoms with Gasteiger partial charge in [-0.05, 0) is 36.1 Å². The number of amides is 1. The topological polar surface area (TPSA) is 50.4 Å². The Balaban J connectivity index is 1.70. The molecular weight excluding hydrogens is 284 g/mol. The summed E-state index contributed by atoms with van der Waals surface area (Å²) < 4.78 is 5.67. The zero-order valence-electron chi connectivity index (χ0n) is 12.3. The summed E-state index contributed by atoms with van der Waals surface area (Å²) in [4.78, 5) is 12.2. The van der Waals surface area contributed by atoms with Crippen LogP contribution in [0.2, 0.25) is 0 Å². The molecule has 0 aliphatic carbocycles. The number of nitrogens with one attached hydrogen (secondary N) is 2. The molecule has 0 saturated carbocycles. The van der Waals surface area contributed by atoms with E-state index in [0.29, 0.717) is 6.61 Å². The van der Waals surface area contributed by atoms with E-state index in [1.807, 2.05) is 42.6 Å². The Hall–Kier alpha value is -1.85. The molecule has 0 saturated heterocycles. The third-order valence-corrected chi connectivity index (χ3v) is 3.80. The van der Waals surface area contributed by atoms with Gasteiger partial charge in [-0.1, -0.05) is 12.1 Å². The number of hydrogen-bond donors (Lipinski definition) is 2. The number of hydrogen-bond acceptors (Lipinski definition) is 4. The summed E-state index contributed by atoms with van der Waals surface area (Å²) in [5, 5.41) is 8.12. The van der Waals surface area contributed by atoms with Crippen molar-refractivity contribution in [3.8, 4) is 5.75 Å². The third-order valence-electron chi connectivity index (χ3n) is 2.88. The van der Waals surface area contributed by atoms with Gasteiger partial charge in [-0.3, -0.25) is 4.79 Å². The Morgan fingerprint density at radius 3 is 2.95 bits per heavy atom. The van der Waals surface area contributed by atoms with Crippen molar-refractivity contribution in [2.45, 2.75) is 20.4 Å². The average molecular weight is 304 g/mol. The number of anilines is 1. The molecule has 2 aromatic rings. The minimum atomic E-state index is -0.0440. The first kappa shape index (κ1) is 15.5. The van der Waals surface area contributed by atoms with Crippen LogP contribution < -0.4 is 15.4 Å². The summed E-state index contributed by atoms with van der Waals surface area (Å²) in [7, 11) is 0. The van der Waals surface area contributed by atoms with E-state index in [1.54, 1.807) is 11.3 Å². The van der Waals surface area contributed by atoms with Gasteiger partial charge < -0.3 is 15.4 Å². The highest BCUT2D eigenvalue weighted by Crippen LogP contribution is 2.21. The van der Waals surface area contributed by atoms with Gasteiger partial charge in [0.2, 0.25) is 5.91 Å². The highest BCUT2D eigenvalue weighted by molar-refractivity contribution is 7.10. The van der Waals surface area contributed by atoms with E-state index >= 15 is 0 Å². The molecule has 0 bridgehead atoms. The Labute approximate surface area is 129 Å². The van der Waals surface area contributed by atoms with E-state index in [1.165, 1.54) is 12.5 Å². The van der Waals surface area contributed by atoms with Gasteiger partial charge in [0.05, 0.1) is 5.69 Å². The van der Waals surface area contributed by atoms with E-state index in [9.17, 15) is 4.79 Å². The lowest BCUT2D eigenvalue weighted by Crippen LogP contribution is -2.21. The van der Waals surface area contributed by atoms with E-state index in [2.05, 4.69) is 10.6 Å². The standard InChI is InChI=1S/C16H20N2O2S/c1-12-4-3-5-14(10-12)20-8-7-17-11-16-15(6-9-21-16)18-13(2)19/h3-6,9-10,17H,7-8,11H2,1-2H3,(H,18,19). The predicted molar refractivity (Wildman–Crippen MR) is 87.0 cm³/mol. The summed E-state index contributed by atoms with van der Waals surface area (Å²) in [6, 6.07) is 9.94. The number of benzene rings is 1. The molecule has 1 amide bonds. The maximum absolute atomic E-state index is 11.1. The van der Waals surface area contributed by atoms with Gasteiger partial charge in [0.1, 0.15) is 12.4 Å². The summed E-state index contributed by atoms with van der Waals surface area (Å²) in [6.07, 6.45) is 0. The molecule has 21 heavy (non-hydrogen) atoms. The molecule has 4 nitrogen and oxygen atoms in total. The fraction of sp³-hybridized carbons (Fsp3) is 0.312. The number of thiophene rings is 1. The molecule has 1 heterocycles. The van der Waals surface area contributed by atoms with E-state index < -0.39 is 0 Å². The highest BCUT2D eigenvalue weighted by atomic mass is 32.1. The Morgan fingerprint density at radius 1 is 1.33 bits per heavy atom. The molecule has 0 aliphatic rings. The van der Waals surface area contributed by atoms with Crippen LogP contribution in [0.25, 0.3) is 0 Å². The molecule has 2 rings (SSSR count). The van der Waals surface area contributed by atoms with Crippen LogP contribution in [0.5, 0.6) is 5.75 Å². The number of ether oxygens (including phenoxy) is 1. The minimum Gasteiger partial charge on any atom is -0.492 e. The van der Waals surface area contributed by atoms with Gasteiger partial charge in [0.15, 0.2) is 0 Å². The van der Waals surface area contributed by atoms with Crippen molar-refractivity contribution in [3.63, 3.8) is 0 Å². The molecule has 0 atom stereocenters. The first-order valence-electron chi connectivity index (χ1n) is 6.89. The summed E-state index contributed by atoms with van der Waals surface area (Å²) in [5.74, 6) is 0.851. The number of rotatable bonds is 7. The third kappa shape index (κ3) is 5.21. The van der Waals surface area contributed by atoms with Gasteiger partial charge in [0.25, 0.3) is 0 Å².